The first kappa shape index (κ1) is 15.9. The van der Waals surface area contributed by atoms with Crippen LogP contribution in [0.5, 0.6) is 0 Å². The highest BCUT2D eigenvalue weighted by molar-refractivity contribution is 4.78. The highest BCUT2D eigenvalue weighted by Gasteiger charge is 2.22. The maximum atomic E-state index is 3.33. The molecule has 0 aliphatic heterocycles. The number of hydrogen-bond donors (Lipinski definition) is 1. The predicted molar refractivity (Wildman–Crippen MR) is 73.8 cm³/mol. The quantitative estimate of drug-likeness (QED) is 0.687. The number of rotatable bonds is 8. The fraction of sp³-hybridized carbons (Fsp3) is 1.00. The molecule has 0 spiro atoms. The van der Waals surface area contributed by atoms with E-state index in [1.165, 1.54) is 13.1 Å². The lowest BCUT2D eigenvalue weighted by molar-refractivity contribution is 0.122. The molecule has 0 rings (SSSR count). The Kier molecular flexibility index (Phi) is 8.04. The van der Waals surface area contributed by atoms with E-state index in [0.29, 0.717) is 12.0 Å². The van der Waals surface area contributed by atoms with E-state index in [9.17, 15) is 0 Å². The maximum absolute atomic E-state index is 3.33. The summed E-state index contributed by atoms with van der Waals surface area (Å²) < 4.78 is 0. The summed E-state index contributed by atoms with van der Waals surface area (Å²) >= 11 is 0. The van der Waals surface area contributed by atoms with Gasteiger partial charge in [0.05, 0.1) is 0 Å². The molecule has 0 aliphatic rings. The molecule has 0 aliphatic carbocycles. The highest BCUT2D eigenvalue weighted by Crippen LogP contribution is 2.14. The van der Waals surface area contributed by atoms with E-state index >= 15 is 0 Å². The van der Waals surface area contributed by atoms with Crippen LogP contribution >= 0.6 is 0 Å². The molecule has 1 N–H and O–H groups in total. The Morgan fingerprint density at radius 1 is 0.875 bits per heavy atom. The number of nitrogens with zero attached hydrogens (tertiary/aromatic N) is 1. The molecule has 16 heavy (non-hydrogen) atoms. The predicted octanol–water partition coefficient (Wildman–Crippen LogP) is 2.84. The van der Waals surface area contributed by atoms with E-state index in [2.05, 4.69) is 58.8 Å². The van der Waals surface area contributed by atoms with E-state index in [4.69, 9.17) is 0 Å². The van der Waals surface area contributed by atoms with E-state index in [-0.39, 0.29) is 0 Å². The van der Waals surface area contributed by atoms with Gasteiger partial charge in [-0.05, 0) is 24.8 Å². The smallest absolute Gasteiger partial charge is 0.0243 e. The molecule has 0 aromatic carbocycles. The van der Waals surface area contributed by atoms with Crippen LogP contribution in [0.2, 0.25) is 0 Å². The van der Waals surface area contributed by atoms with Crippen molar-refractivity contribution in [3.05, 3.63) is 0 Å². The van der Waals surface area contributed by atoms with Gasteiger partial charge in [-0.25, -0.2) is 0 Å². The summed E-state index contributed by atoms with van der Waals surface area (Å²) in [6.07, 6.45) is 0. The lowest BCUT2D eigenvalue weighted by atomic mass is 9.99. The monoisotopic (exact) mass is 228 g/mol. The third-order valence-electron chi connectivity index (χ3n) is 2.85. The molecule has 0 saturated carbocycles. The summed E-state index contributed by atoms with van der Waals surface area (Å²) in [6, 6.07) is 0.662. The zero-order valence-corrected chi connectivity index (χ0v) is 12.4. The summed E-state index contributed by atoms with van der Waals surface area (Å²) in [4.78, 5) is 2.66. The molecular formula is C14H32N2. The molecule has 1 unspecified atom stereocenters. The van der Waals surface area contributed by atoms with Crippen LogP contribution in [0.25, 0.3) is 0 Å². The van der Waals surface area contributed by atoms with Crippen molar-refractivity contribution < 1.29 is 0 Å². The fourth-order valence-electron chi connectivity index (χ4n) is 2.28. The molecule has 1 atom stereocenters. The maximum Gasteiger partial charge on any atom is 0.0243 e. The molecule has 0 heterocycles. The van der Waals surface area contributed by atoms with Crippen molar-refractivity contribution in [1.29, 1.82) is 0 Å². The molecule has 0 aromatic heterocycles. The highest BCUT2D eigenvalue weighted by atomic mass is 15.2. The second kappa shape index (κ2) is 8.08. The Bertz CT molecular complexity index is 154. The van der Waals surface area contributed by atoms with Gasteiger partial charge in [0.2, 0.25) is 0 Å². The number of nitrogens with one attached hydrogen (secondary N) is 1. The van der Waals surface area contributed by atoms with Crippen molar-refractivity contribution in [3.63, 3.8) is 0 Å². The third-order valence-corrected chi connectivity index (χ3v) is 2.85. The topological polar surface area (TPSA) is 15.3 Å². The van der Waals surface area contributed by atoms with Crippen LogP contribution in [0.4, 0.5) is 0 Å². The van der Waals surface area contributed by atoms with Crippen molar-refractivity contribution in [3.8, 4) is 0 Å². The minimum Gasteiger partial charge on any atom is -0.318 e. The van der Waals surface area contributed by atoms with Crippen molar-refractivity contribution in [2.24, 2.45) is 17.8 Å². The summed E-state index contributed by atoms with van der Waals surface area (Å²) in [5.41, 5.74) is 0. The molecule has 0 bridgehead atoms. The van der Waals surface area contributed by atoms with Gasteiger partial charge in [-0.15, -0.1) is 0 Å². The first-order valence-corrected chi connectivity index (χ1v) is 6.77. The third kappa shape index (κ3) is 6.49. The van der Waals surface area contributed by atoms with Gasteiger partial charge in [0, 0.05) is 25.7 Å². The first-order valence-electron chi connectivity index (χ1n) is 6.77. The fourth-order valence-corrected chi connectivity index (χ4v) is 2.28. The molecule has 0 saturated heterocycles. The van der Waals surface area contributed by atoms with Crippen LogP contribution in [0.3, 0.4) is 0 Å². The van der Waals surface area contributed by atoms with Crippen LogP contribution in [0, 0.1) is 17.8 Å². The molecule has 0 radical (unpaired) electrons. The van der Waals surface area contributed by atoms with Crippen LogP contribution in [-0.2, 0) is 0 Å². The van der Waals surface area contributed by atoms with Crippen molar-refractivity contribution in [2.45, 2.75) is 47.6 Å². The standard InChI is InChI=1S/C14H32N2/c1-11(2)9-16(10-12(3)4)14(8-15-7)13(5)6/h11-15H,8-10H2,1-7H3. The molecule has 2 heteroatoms. The van der Waals surface area contributed by atoms with Gasteiger partial charge >= 0.3 is 0 Å². The average molecular weight is 228 g/mol. The van der Waals surface area contributed by atoms with E-state index in [1.807, 2.05) is 0 Å². The average Bonchev–Trinajstić information content (AvgIpc) is 2.10. The molecule has 0 amide bonds. The Morgan fingerprint density at radius 3 is 1.56 bits per heavy atom. The Morgan fingerprint density at radius 2 is 1.31 bits per heavy atom. The summed E-state index contributed by atoms with van der Waals surface area (Å²) in [5.74, 6) is 2.21. The van der Waals surface area contributed by atoms with Crippen LogP contribution in [0.1, 0.15) is 41.5 Å². The van der Waals surface area contributed by atoms with Crippen LogP contribution in [-0.4, -0.2) is 37.6 Å². The molecule has 98 valence electrons. The van der Waals surface area contributed by atoms with Crippen LogP contribution < -0.4 is 5.32 Å². The normalized spacial score (nSPS) is 14.4. The first-order chi connectivity index (χ1) is 7.38. The second-order valence-corrected chi connectivity index (χ2v) is 6.11. The van der Waals surface area contributed by atoms with Gasteiger partial charge in [-0.1, -0.05) is 41.5 Å². The number of likely N-dealkylation sites (N-methyl/N-ethyl adjacent to an activating group) is 1. The van der Waals surface area contributed by atoms with Gasteiger partial charge in [0.25, 0.3) is 0 Å². The van der Waals surface area contributed by atoms with Crippen molar-refractivity contribution >= 4 is 0 Å². The SMILES string of the molecule is CNCC(C(C)C)N(CC(C)C)CC(C)C. The zero-order chi connectivity index (χ0) is 12.7. The van der Waals surface area contributed by atoms with E-state index in [0.717, 1.165) is 18.4 Å². The minimum absolute atomic E-state index is 0.662. The second-order valence-electron chi connectivity index (χ2n) is 6.11. The largest absolute Gasteiger partial charge is 0.318 e. The lowest BCUT2D eigenvalue weighted by Crippen LogP contribution is -2.47. The van der Waals surface area contributed by atoms with Gasteiger partial charge in [0.15, 0.2) is 0 Å². The Hall–Kier alpha value is -0.0800. The Balaban J connectivity index is 4.52. The van der Waals surface area contributed by atoms with Crippen molar-refractivity contribution in [2.75, 3.05) is 26.7 Å². The molecule has 2 nitrogen and oxygen atoms in total. The van der Waals surface area contributed by atoms with Gasteiger partial charge in [-0.2, -0.15) is 0 Å². The van der Waals surface area contributed by atoms with Crippen molar-refractivity contribution in [1.82, 2.24) is 10.2 Å². The minimum atomic E-state index is 0.662. The summed E-state index contributed by atoms with van der Waals surface area (Å²) in [5, 5.41) is 3.33. The molecule has 0 aromatic rings. The van der Waals surface area contributed by atoms with Crippen LogP contribution in [0.15, 0.2) is 0 Å². The van der Waals surface area contributed by atoms with E-state index < -0.39 is 0 Å². The molecule has 0 fully saturated rings. The number of hydrogen-bond acceptors (Lipinski definition) is 2. The zero-order valence-electron chi connectivity index (χ0n) is 12.4. The Labute approximate surface area is 103 Å². The molecular weight excluding hydrogens is 196 g/mol. The summed E-state index contributed by atoms with van der Waals surface area (Å²) in [6.45, 7) is 17.4. The lowest BCUT2D eigenvalue weighted by Gasteiger charge is -2.36. The van der Waals surface area contributed by atoms with Gasteiger partial charge in [0.1, 0.15) is 0 Å². The summed E-state index contributed by atoms with van der Waals surface area (Å²) in [7, 11) is 2.05. The van der Waals surface area contributed by atoms with Gasteiger partial charge in [-0.3, -0.25) is 4.90 Å². The van der Waals surface area contributed by atoms with E-state index in [1.54, 1.807) is 0 Å². The van der Waals surface area contributed by atoms with Gasteiger partial charge < -0.3 is 5.32 Å².